The summed E-state index contributed by atoms with van der Waals surface area (Å²) in [7, 11) is 0. The molecule has 0 N–H and O–H groups in total. The molecule has 0 radical (unpaired) electrons. The van der Waals surface area contributed by atoms with Crippen molar-refractivity contribution in [3.63, 3.8) is 0 Å². The predicted molar refractivity (Wildman–Crippen MR) is 96.7 cm³/mol. The highest BCUT2D eigenvalue weighted by molar-refractivity contribution is 5.84. The quantitative estimate of drug-likeness (QED) is 0.811. The number of halogens is 1. The van der Waals surface area contributed by atoms with Crippen molar-refractivity contribution in [2.45, 2.75) is 51.0 Å². The average Bonchev–Trinajstić information content (AvgIpc) is 2.67. The molecule has 0 bridgehead atoms. The SMILES string of the molecule is CCC1CCCCN1C(=O)C(Cc1cccnc1)c1ccc(F)cc1. The van der Waals surface area contributed by atoms with Crippen molar-refractivity contribution in [2.24, 2.45) is 0 Å². The Bertz CT molecular complexity index is 687. The Morgan fingerprint density at radius 2 is 2.08 bits per heavy atom. The van der Waals surface area contributed by atoms with E-state index in [9.17, 15) is 9.18 Å². The molecule has 25 heavy (non-hydrogen) atoms. The Kier molecular flexibility index (Phi) is 5.79. The molecular weight excluding hydrogens is 315 g/mol. The molecule has 1 aromatic carbocycles. The fourth-order valence-corrected chi connectivity index (χ4v) is 3.71. The standard InChI is InChI=1S/C21H25FN2O/c1-2-19-7-3-4-13-24(19)21(25)20(14-16-6-5-12-23-15-16)17-8-10-18(22)11-9-17/h5-6,8-12,15,19-20H,2-4,7,13-14H2,1H3. The molecular formula is C21H25FN2O. The summed E-state index contributed by atoms with van der Waals surface area (Å²) in [6.07, 6.45) is 8.43. The first-order chi connectivity index (χ1) is 12.2. The van der Waals surface area contributed by atoms with Crippen LogP contribution >= 0.6 is 0 Å². The minimum atomic E-state index is -0.294. The highest BCUT2D eigenvalue weighted by atomic mass is 19.1. The highest BCUT2D eigenvalue weighted by Gasteiger charge is 2.31. The molecule has 2 heterocycles. The van der Waals surface area contributed by atoms with Crippen LogP contribution in [-0.4, -0.2) is 28.4 Å². The summed E-state index contributed by atoms with van der Waals surface area (Å²) in [4.78, 5) is 19.6. The Labute approximate surface area is 148 Å². The van der Waals surface area contributed by atoms with Crippen molar-refractivity contribution in [2.75, 3.05) is 6.54 Å². The van der Waals surface area contributed by atoms with Crippen molar-refractivity contribution < 1.29 is 9.18 Å². The van der Waals surface area contributed by atoms with E-state index >= 15 is 0 Å². The lowest BCUT2D eigenvalue weighted by Gasteiger charge is -2.37. The third-order valence-corrected chi connectivity index (χ3v) is 5.11. The first-order valence-electron chi connectivity index (χ1n) is 9.14. The summed E-state index contributed by atoms with van der Waals surface area (Å²) >= 11 is 0. The van der Waals surface area contributed by atoms with E-state index in [0.29, 0.717) is 12.5 Å². The molecule has 1 aliphatic rings. The lowest BCUT2D eigenvalue weighted by molar-refractivity contribution is -0.136. The Morgan fingerprint density at radius 3 is 2.76 bits per heavy atom. The molecule has 1 fully saturated rings. The van der Waals surface area contributed by atoms with Crippen molar-refractivity contribution in [3.05, 3.63) is 65.7 Å². The molecule has 2 unspecified atom stereocenters. The molecule has 2 aromatic rings. The topological polar surface area (TPSA) is 33.2 Å². The van der Waals surface area contributed by atoms with Gasteiger partial charge in [0.2, 0.25) is 5.91 Å². The Balaban J connectivity index is 1.89. The molecule has 4 heteroatoms. The van der Waals surface area contributed by atoms with Crippen LogP contribution in [0.1, 0.15) is 49.7 Å². The number of amides is 1. The van der Waals surface area contributed by atoms with Crippen molar-refractivity contribution in [3.8, 4) is 0 Å². The van der Waals surface area contributed by atoms with Crippen LogP contribution in [-0.2, 0) is 11.2 Å². The predicted octanol–water partition coefficient (Wildman–Crippen LogP) is 4.34. The number of likely N-dealkylation sites (tertiary alicyclic amines) is 1. The Morgan fingerprint density at radius 1 is 1.28 bits per heavy atom. The van der Waals surface area contributed by atoms with Gasteiger partial charge in [-0.3, -0.25) is 9.78 Å². The lowest BCUT2D eigenvalue weighted by atomic mass is 9.89. The van der Waals surface area contributed by atoms with E-state index in [1.165, 1.54) is 18.6 Å². The molecule has 1 aromatic heterocycles. The summed E-state index contributed by atoms with van der Waals surface area (Å²) in [5, 5.41) is 0. The number of carbonyl (C=O) groups is 1. The zero-order chi connectivity index (χ0) is 17.6. The maximum absolute atomic E-state index is 13.4. The van der Waals surface area contributed by atoms with Gasteiger partial charge in [-0.1, -0.05) is 25.1 Å². The van der Waals surface area contributed by atoms with Gasteiger partial charge < -0.3 is 4.90 Å². The number of pyridine rings is 1. The smallest absolute Gasteiger partial charge is 0.230 e. The van der Waals surface area contributed by atoms with Gasteiger partial charge in [-0.15, -0.1) is 0 Å². The number of carbonyl (C=O) groups excluding carboxylic acids is 1. The molecule has 3 nitrogen and oxygen atoms in total. The molecule has 1 aliphatic heterocycles. The number of piperidine rings is 1. The first kappa shape index (κ1) is 17.6. The fraction of sp³-hybridized carbons (Fsp3) is 0.429. The van der Waals surface area contributed by atoms with Crippen LogP contribution in [0.3, 0.4) is 0 Å². The first-order valence-corrected chi connectivity index (χ1v) is 9.14. The van der Waals surface area contributed by atoms with Gasteiger partial charge in [-0.25, -0.2) is 4.39 Å². The van der Waals surface area contributed by atoms with Crippen LogP contribution in [0, 0.1) is 5.82 Å². The minimum Gasteiger partial charge on any atom is -0.339 e. The summed E-state index contributed by atoms with van der Waals surface area (Å²) in [6, 6.07) is 10.5. The second-order valence-corrected chi connectivity index (χ2v) is 6.76. The molecule has 1 amide bonds. The average molecular weight is 340 g/mol. The fourth-order valence-electron chi connectivity index (χ4n) is 3.71. The number of rotatable bonds is 5. The van der Waals surface area contributed by atoms with Gasteiger partial charge in [0.15, 0.2) is 0 Å². The van der Waals surface area contributed by atoms with Crippen molar-refractivity contribution in [1.29, 1.82) is 0 Å². The van der Waals surface area contributed by atoms with Crippen molar-refractivity contribution in [1.82, 2.24) is 9.88 Å². The van der Waals surface area contributed by atoms with E-state index in [1.54, 1.807) is 24.5 Å². The van der Waals surface area contributed by atoms with E-state index < -0.39 is 0 Å². The summed E-state index contributed by atoms with van der Waals surface area (Å²) in [5.41, 5.74) is 1.89. The molecule has 0 aliphatic carbocycles. The maximum Gasteiger partial charge on any atom is 0.230 e. The lowest BCUT2D eigenvalue weighted by Crippen LogP contribution is -2.46. The monoisotopic (exact) mass is 340 g/mol. The van der Waals surface area contributed by atoms with Gasteiger partial charge in [0, 0.05) is 25.0 Å². The second-order valence-electron chi connectivity index (χ2n) is 6.76. The van der Waals surface area contributed by atoms with Gasteiger partial charge >= 0.3 is 0 Å². The molecule has 1 saturated heterocycles. The van der Waals surface area contributed by atoms with Crippen LogP contribution in [0.15, 0.2) is 48.8 Å². The zero-order valence-electron chi connectivity index (χ0n) is 14.7. The van der Waals surface area contributed by atoms with E-state index in [2.05, 4.69) is 11.9 Å². The number of aromatic nitrogens is 1. The van der Waals surface area contributed by atoms with Crippen LogP contribution in [0.4, 0.5) is 4.39 Å². The van der Waals surface area contributed by atoms with E-state index in [1.807, 2.05) is 17.0 Å². The van der Waals surface area contributed by atoms with Gasteiger partial charge in [-0.05, 0) is 61.4 Å². The molecule has 0 spiro atoms. The van der Waals surface area contributed by atoms with Crippen LogP contribution in [0.5, 0.6) is 0 Å². The summed E-state index contributed by atoms with van der Waals surface area (Å²) in [6.45, 7) is 2.96. The molecule has 132 valence electrons. The number of hydrogen-bond acceptors (Lipinski definition) is 2. The summed E-state index contributed by atoms with van der Waals surface area (Å²) < 4.78 is 13.3. The minimum absolute atomic E-state index is 0.155. The van der Waals surface area contributed by atoms with Crippen LogP contribution in [0.2, 0.25) is 0 Å². The van der Waals surface area contributed by atoms with Gasteiger partial charge in [0.25, 0.3) is 0 Å². The number of nitrogens with zero attached hydrogens (tertiary/aromatic N) is 2. The Hall–Kier alpha value is -2.23. The van der Waals surface area contributed by atoms with Crippen LogP contribution < -0.4 is 0 Å². The highest BCUT2D eigenvalue weighted by Crippen LogP contribution is 2.28. The largest absolute Gasteiger partial charge is 0.339 e. The molecule has 3 rings (SSSR count). The maximum atomic E-state index is 13.4. The van der Waals surface area contributed by atoms with E-state index in [4.69, 9.17) is 0 Å². The number of hydrogen-bond donors (Lipinski definition) is 0. The third-order valence-electron chi connectivity index (χ3n) is 5.11. The third kappa shape index (κ3) is 4.25. The van der Waals surface area contributed by atoms with Crippen molar-refractivity contribution >= 4 is 5.91 Å². The molecule has 0 saturated carbocycles. The van der Waals surface area contributed by atoms with Gasteiger partial charge in [0.05, 0.1) is 5.92 Å². The molecule has 2 atom stereocenters. The second kappa shape index (κ2) is 8.24. The van der Waals surface area contributed by atoms with Gasteiger partial charge in [-0.2, -0.15) is 0 Å². The van der Waals surface area contributed by atoms with E-state index in [-0.39, 0.29) is 17.6 Å². The van der Waals surface area contributed by atoms with Gasteiger partial charge in [0.1, 0.15) is 5.82 Å². The van der Waals surface area contributed by atoms with E-state index in [0.717, 1.165) is 36.9 Å². The normalized spacial score (nSPS) is 18.8. The zero-order valence-corrected chi connectivity index (χ0v) is 14.7. The van der Waals surface area contributed by atoms with Crippen LogP contribution in [0.25, 0.3) is 0 Å². The number of benzene rings is 1. The summed E-state index contributed by atoms with van der Waals surface area (Å²) in [5.74, 6) is -0.417.